The number of hydrogen-bond donors (Lipinski definition) is 4. The number of nitrogens with two attached hydrogens (primary N) is 1. The molecule has 0 heterocycles. The fraction of sp³-hybridized carbons (Fsp3) is 0.167. The van der Waals surface area contributed by atoms with Crippen LogP contribution < -0.4 is 21.7 Å². The smallest absolute Gasteiger partial charge is 0.251 e. The molecule has 5 N–H and O–H groups in total. The number of carbonyl (C=O) groups excluding carboxylic acids is 4. The number of primary amides is 1. The summed E-state index contributed by atoms with van der Waals surface area (Å²) in [6.45, 7) is -0.110. The van der Waals surface area contributed by atoms with Crippen molar-refractivity contribution in [3.63, 3.8) is 0 Å². The van der Waals surface area contributed by atoms with Gasteiger partial charge in [0.2, 0.25) is 17.7 Å². The van der Waals surface area contributed by atoms with Crippen LogP contribution in [0, 0.1) is 0 Å². The van der Waals surface area contributed by atoms with Gasteiger partial charge in [-0.15, -0.1) is 0 Å². The summed E-state index contributed by atoms with van der Waals surface area (Å²) in [6.07, 6.45) is 0.188. The number of carbonyl (C=O) groups is 4. The van der Waals surface area contributed by atoms with Crippen molar-refractivity contribution in [2.45, 2.75) is 13.0 Å². The Morgan fingerprint density at radius 1 is 0.719 bits per heavy atom. The summed E-state index contributed by atoms with van der Waals surface area (Å²) in [5, 5.41) is 9.83. The van der Waals surface area contributed by atoms with Crippen molar-refractivity contribution >= 4 is 34.4 Å². The third-order valence-electron chi connectivity index (χ3n) is 4.81. The molecule has 0 unspecified atom stereocenters. The second-order valence-corrected chi connectivity index (χ2v) is 7.21. The highest BCUT2D eigenvalue weighted by molar-refractivity contribution is 5.96. The molecule has 0 aliphatic heterocycles. The van der Waals surface area contributed by atoms with Gasteiger partial charge in [-0.2, -0.15) is 0 Å². The van der Waals surface area contributed by atoms with Crippen LogP contribution in [0.3, 0.4) is 0 Å². The molecule has 0 aliphatic rings. The van der Waals surface area contributed by atoms with Crippen LogP contribution in [-0.2, 0) is 27.3 Å². The predicted octanol–water partition coefficient (Wildman–Crippen LogP) is 1.03. The van der Waals surface area contributed by atoms with Gasteiger partial charge in [0, 0.05) is 12.1 Å². The lowest BCUT2D eigenvalue weighted by Gasteiger charge is -2.09. The van der Waals surface area contributed by atoms with E-state index in [1.54, 1.807) is 24.3 Å². The summed E-state index contributed by atoms with van der Waals surface area (Å²) >= 11 is 0. The third kappa shape index (κ3) is 6.40. The quantitative estimate of drug-likeness (QED) is 0.402. The molecule has 8 nitrogen and oxygen atoms in total. The highest BCUT2D eigenvalue weighted by Gasteiger charge is 2.10. The number of hydrogen-bond acceptors (Lipinski definition) is 4. The average molecular weight is 432 g/mol. The van der Waals surface area contributed by atoms with Gasteiger partial charge in [-0.3, -0.25) is 19.2 Å². The molecule has 3 aromatic rings. The van der Waals surface area contributed by atoms with Crippen LogP contribution in [0.1, 0.15) is 21.5 Å². The van der Waals surface area contributed by atoms with Gasteiger partial charge in [-0.05, 0) is 34.0 Å². The number of nitrogens with one attached hydrogen (secondary N) is 3. The van der Waals surface area contributed by atoms with E-state index in [-0.39, 0.29) is 37.9 Å². The molecule has 3 aromatic carbocycles. The van der Waals surface area contributed by atoms with E-state index in [2.05, 4.69) is 16.0 Å². The molecule has 0 spiro atoms. The maximum absolute atomic E-state index is 12.3. The van der Waals surface area contributed by atoms with Crippen LogP contribution in [-0.4, -0.2) is 36.7 Å². The summed E-state index contributed by atoms with van der Waals surface area (Å²) in [5.41, 5.74) is 7.06. The highest BCUT2D eigenvalue weighted by atomic mass is 16.2. The van der Waals surface area contributed by atoms with Crippen molar-refractivity contribution in [2.24, 2.45) is 5.73 Å². The second-order valence-electron chi connectivity index (χ2n) is 7.21. The van der Waals surface area contributed by atoms with Crippen molar-refractivity contribution in [1.82, 2.24) is 16.0 Å². The first kappa shape index (κ1) is 22.5. The number of fused-ring (bicyclic) bond motifs is 1. The van der Waals surface area contributed by atoms with E-state index in [0.717, 1.165) is 21.9 Å². The molecule has 164 valence electrons. The lowest BCUT2D eigenvalue weighted by Crippen LogP contribution is -2.37. The summed E-state index contributed by atoms with van der Waals surface area (Å²) < 4.78 is 0. The van der Waals surface area contributed by atoms with E-state index in [9.17, 15) is 19.2 Å². The standard InChI is InChI=1S/C24H24N4O4/c25-21(29)14-28-24(32)18-10-8-16(9-11-18)13-26-23(31)15-27-22(30)12-19-6-3-5-17-4-1-2-7-20(17)19/h1-11H,12-15H2,(H2,25,29)(H,26,31)(H,27,30)(H,28,32). The van der Waals surface area contributed by atoms with Crippen molar-refractivity contribution in [1.29, 1.82) is 0 Å². The zero-order chi connectivity index (χ0) is 22.9. The maximum Gasteiger partial charge on any atom is 0.251 e. The Morgan fingerprint density at radius 3 is 2.19 bits per heavy atom. The first-order chi connectivity index (χ1) is 15.4. The monoisotopic (exact) mass is 432 g/mol. The molecule has 0 saturated carbocycles. The van der Waals surface area contributed by atoms with Crippen LogP contribution in [0.5, 0.6) is 0 Å². The topological polar surface area (TPSA) is 130 Å². The lowest BCUT2D eigenvalue weighted by atomic mass is 10.0. The van der Waals surface area contributed by atoms with E-state index in [1.165, 1.54) is 0 Å². The average Bonchev–Trinajstić information content (AvgIpc) is 2.80. The highest BCUT2D eigenvalue weighted by Crippen LogP contribution is 2.18. The SMILES string of the molecule is NC(=O)CNC(=O)c1ccc(CNC(=O)CNC(=O)Cc2cccc3ccccc23)cc1. The van der Waals surface area contributed by atoms with Gasteiger partial charge in [-0.25, -0.2) is 0 Å². The van der Waals surface area contributed by atoms with Gasteiger partial charge in [0.15, 0.2) is 0 Å². The fourth-order valence-electron chi connectivity index (χ4n) is 3.17. The molecule has 32 heavy (non-hydrogen) atoms. The van der Waals surface area contributed by atoms with Crippen LogP contribution in [0.25, 0.3) is 10.8 Å². The summed E-state index contributed by atoms with van der Waals surface area (Å²) in [6, 6.07) is 20.2. The molecular weight excluding hydrogens is 408 g/mol. The molecule has 4 amide bonds. The van der Waals surface area contributed by atoms with Gasteiger partial charge < -0.3 is 21.7 Å². The maximum atomic E-state index is 12.3. The minimum atomic E-state index is -0.623. The molecule has 0 aromatic heterocycles. The molecule has 0 aliphatic carbocycles. The number of amides is 4. The Labute approximate surface area is 185 Å². The Bertz CT molecular complexity index is 1140. The van der Waals surface area contributed by atoms with Crippen LogP contribution >= 0.6 is 0 Å². The Balaban J connectivity index is 1.43. The second kappa shape index (κ2) is 10.7. The first-order valence-electron chi connectivity index (χ1n) is 10.1. The number of rotatable bonds is 9. The normalized spacial score (nSPS) is 10.4. The molecule has 0 fully saturated rings. The minimum Gasteiger partial charge on any atom is -0.368 e. The largest absolute Gasteiger partial charge is 0.368 e. The van der Waals surface area contributed by atoms with Crippen LogP contribution in [0.4, 0.5) is 0 Å². The first-order valence-corrected chi connectivity index (χ1v) is 10.1. The van der Waals surface area contributed by atoms with Crippen molar-refractivity contribution in [3.8, 4) is 0 Å². The van der Waals surface area contributed by atoms with Crippen LogP contribution in [0.15, 0.2) is 66.7 Å². The molecule has 0 atom stereocenters. The van der Waals surface area contributed by atoms with E-state index in [0.29, 0.717) is 5.56 Å². The zero-order valence-electron chi connectivity index (χ0n) is 17.4. The summed E-state index contributed by atoms with van der Waals surface area (Å²) in [7, 11) is 0. The van der Waals surface area contributed by atoms with E-state index in [1.807, 2.05) is 42.5 Å². The minimum absolute atomic E-state index is 0.128. The summed E-state index contributed by atoms with van der Waals surface area (Å²) in [4.78, 5) is 46.9. The van der Waals surface area contributed by atoms with Gasteiger partial charge in [-0.1, -0.05) is 54.6 Å². The van der Waals surface area contributed by atoms with Crippen molar-refractivity contribution in [3.05, 3.63) is 83.4 Å². The van der Waals surface area contributed by atoms with Gasteiger partial charge in [0.05, 0.1) is 19.5 Å². The van der Waals surface area contributed by atoms with Gasteiger partial charge in [0.1, 0.15) is 0 Å². The Kier molecular flexibility index (Phi) is 7.53. The fourth-order valence-corrected chi connectivity index (χ4v) is 3.17. The molecule has 8 heteroatoms. The third-order valence-corrected chi connectivity index (χ3v) is 4.81. The Morgan fingerprint density at radius 2 is 1.44 bits per heavy atom. The number of benzene rings is 3. The molecule has 0 bridgehead atoms. The molecular formula is C24H24N4O4. The Hall–Kier alpha value is -4.20. The summed E-state index contributed by atoms with van der Waals surface area (Å²) in [5.74, 6) is -1.59. The predicted molar refractivity (Wildman–Crippen MR) is 120 cm³/mol. The van der Waals surface area contributed by atoms with E-state index in [4.69, 9.17) is 5.73 Å². The molecule has 3 rings (SSSR count). The zero-order valence-corrected chi connectivity index (χ0v) is 17.4. The van der Waals surface area contributed by atoms with Gasteiger partial charge >= 0.3 is 0 Å². The van der Waals surface area contributed by atoms with Crippen molar-refractivity contribution < 1.29 is 19.2 Å². The van der Waals surface area contributed by atoms with Crippen LogP contribution in [0.2, 0.25) is 0 Å². The van der Waals surface area contributed by atoms with Gasteiger partial charge in [0.25, 0.3) is 5.91 Å². The van der Waals surface area contributed by atoms with Crippen molar-refractivity contribution in [2.75, 3.05) is 13.1 Å². The van der Waals surface area contributed by atoms with E-state index < -0.39 is 11.8 Å². The van der Waals surface area contributed by atoms with E-state index >= 15 is 0 Å². The molecule has 0 saturated heterocycles. The lowest BCUT2D eigenvalue weighted by molar-refractivity contribution is -0.125. The molecule has 0 radical (unpaired) electrons.